The number of aromatic nitrogens is 1. The number of fused-ring (bicyclic) bond motifs is 1. The Morgan fingerprint density at radius 3 is 3.09 bits per heavy atom. The Kier molecular flexibility index (Phi) is 4.71. The van der Waals surface area contributed by atoms with Crippen LogP contribution in [0.1, 0.15) is 18.9 Å². The maximum atomic E-state index is 12.2. The van der Waals surface area contributed by atoms with E-state index in [9.17, 15) is 4.79 Å². The second kappa shape index (κ2) is 6.73. The molecule has 0 spiro atoms. The molecule has 2 atom stereocenters. The Morgan fingerprint density at radius 2 is 2.27 bits per heavy atom. The number of morpholine rings is 1. The predicted molar refractivity (Wildman–Crippen MR) is 85.9 cm³/mol. The van der Waals surface area contributed by atoms with Gasteiger partial charge in [-0.2, -0.15) is 0 Å². The Labute approximate surface area is 133 Å². The van der Waals surface area contributed by atoms with Crippen LogP contribution in [0.5, 0.6) is 0 Å². The molecule has 1 aromatic heterocycles. The van der Waals surface area contributed by atoms with E-state index in [0.29, 0.717) is 19.8 Å². The summed E-state index contributed by atoms with van der Waals surface area (Å²) in [6, 6.07) is 8.09. The molecule has 6 heteroatoms. The Morgan fingerprint density at radius 1 is 1.45 bits per heavy atom. The van der Waals surface area contributed by atoms with E-state index in [-0.39, 0.29) is 24.7 Å². The summed E-state index contributed by atoms with van der Waals surface area (Å²) < 4.78 is 12.2. The normalized spacial score (nSPS) is 22.2. The third kappa shape index (κ3) is 3.45. The lowest BCUT2D eigenvalue weighted by Gasteiger charge is -2.36. The van der Waals surface area contributed by atoms with Crippen LogP contribution in [-0.4, -0.2) is 47.7 Å². The number of rotatable bonds is 4. The second-order valence-electron chi connectivity index (χ2n) is 5.61. The molecule has 2 heterocycles. The fraction of sp³-hybridized carbons (Fsp3) is 0.500. The molecule has 1 saturated heterocycles. The van der Waals surface area contributed by atoms with E-state index in [4.69, 9.17) is 9.47 Å². The maximum Gasteiger partial charge on any atom is 0.248 e. The fourth-order valence-corrected chi connectivity index (χ4v) is 3.45. The molecule has 0 saturated carbocycles. The Hall–Kier alpha value is -1.50. The number of hydrogen-bond acceptors (Lipinski definition) is 5. The minimum Gasteiger partial charge on any atom is -0.375 e. The number of carbonyl (C=O) groups is 1. The van der Waals surface area contributed by atoms with Gasteiger partial charge in [0, 0.05) is 6.54 Å². The molecule has 1 aliphatic heterocycles. The van der Waals surface area contributed by atoms with Gasteiger partial charge in [0.15, 0.2) is 0 Å². The standard InChI is InChI=1S/C16H20N2O3S/c1-11-8-21-12(2)7-18(11)16(19)10-20-9-15-17-13-5-3-4-6-14(13)22-15/h3-6,11-12H,7-10H2,1-2H3/t11-,12-/m0/s1. The average Bonchev–Trinajstić information content (AvgIpc) is 2.92. The van der Waals surface area contributed by atoms with Crippen molar-refractivity contribution in [3.8, 4) is 0 Å². The van der Waals surface area contributed by atoms with Gasteiger partial charge in [-0.3, -0.25) is 4.79 Å². The summed E-state index contributed by atoms with van der Waals surface area (Å²) in [5.41, 5.74) is 0.980. The minimum absolute atomic E-state index is 0.0174. The Bertz CT molecular complexity index is 625. The average molecular weight is 320 g/mol. The largest absolute Gasteiger partial charge is 0.375 e. The number of amides is 1. The number of carbonyl (C=O) groups excluding carboxylic acids is 1. The summed E-state index contributed by atoms with van der Waals surface area (Å²) in [5, 5.41) is 0.900. The van der Waals surface area contributed by atoms with Gasteiger partial charge >= 0.3 is 0 Å². The zero-order valence-corrected chi connectivity index (χ0v) is 13.6. The highest BCUT2D eigenvalue weighted by Crippen LogP contribution is 2.22. The quantitative estimate of drug-likeness (QED) is 0.868. The van der Waals surface area contributed by atoms with Crippen molar-refractivity contribution in [2.24, 2.45) is 0 Å². The third-order valence-electron chi connectivity index (χ3n) is 3.72. The highest BCUT2D eigenvalue weighted by Gasteiger charge is 2.27. The van der Waals surface area contributed by atoms with Gasteiger partial charge in [-0.05, 0) is 26.0 Å². The van der Waals surface area contributed by atoms with Crippen molar-refractivity contribution in [2.45, 2.75) is 32.6 Å². The van der Waals surface area contributed by atoms with Gasteiger partial charge in [0.05, 0.1) is 35.6 Å². The molecule has 3 rings (SSSR count). The van der Waals surface area contributed by atoms with E-state index in [1.54, 1.807) is 11.3 Å². The first-order valence-corrected chi connectivity index (χ1v) is 8.28. The summed E-state index contributed by atoms with van der Waals surface area (Å²) in [6.07, 6.45) is 0.0874. The van der Waals surface area contributed by atoms with Crippen molar-refractivity contribution in [2.75, 3.05) is 19.8 Å². The molecule has 0 radical (unpaired) electrons. The lowest BCUT2D eigenvalue weighted by Crippen LogP contribution is -2.51. The molecule has 5 nitrogen and oxygen atoms in total. The fourth-order valence-electron chi connectivity index (χ4n) is 2.54. The molecule has 1 aromatic carbocycles. The van der Waals surface area contributed by atoms with Crippen LogP contribution in [-0.2, 0) is 20.9 Å². The van der Waals surface area contributed by atoms with Gasteiger partial charge < -0.3 is 14.4 Å². The zero-order valence-electron chi connectivity index (χ0n) is 12.8. The van der Waals surface area contributed by atoms with Crippen molar-refractivity contribution in [1.29, 1.82) is 0 Å². The molecule has 2 aromatic rings. The summed E-state index contributed by atoms with van der Waals surface area (Å²) in [5.74, 6) is 0.0174. The van der Waals surface area contributed by atoms with Crippen molar-refractivity contribution in [1.82, 2.24) is 9.88 Å². The van der Waals surface area contributed by atoms with Crippen molar-refractivity contribution in [3.63, 3.8) is 0 Å². The molecule has 0 aliphatic carbocycles. The highest BCUT2D eigenvalue weighted by atomic mass is 32.1. The molecule has 118 valence electrons. The van der Waals surface area contributed by atoms with Crippen molar-refractivity contribution in [3.05, 3.63) is 29.3 Å². The monoisotopic (exact) mass is 320 g/mol. The predicted octanol–water partition coefficient (Wildman–Crippen LogP) is 2.45. The first-order chi connectivity index (χ1) is 10.6. The maximum absolute atomic E-state index is 12.2. The highest BCUT2D eigenvalue weighted by molar-refractivity contribution is 7.18. The lowest BCUT2D eigenvalue weighted by molar-refractivity contribution is -0.148. The second-order valence-corrected chi connectivity index (χ2v) is 6.72. The minimum atomic E-state index is 0.0174. The number of nitrogens with zero attached hydrogens (tertiary/aromatic N) is 2. The molecule has 0 unspecified atom stereocenters. The summed E-state index contributed by atoms with van der Waals surface area (Å²) >= 11 is 1.60. The van der Waals surface area contributed by atoms with Crippen LogP contribution >= 0.6 is 11.3 Å². The molecule has 1 aliphatic rings. The molecular weight excluding hydrogens is 300 g/mol. The number of para-hydroxylation sites is 1. The summed E-state index contributed by atoms with van der Waals surface area (Å²) in [6.45, 7) is 5.66. The van der Waals surface area contributed by atoms with Crippen LogP contribution in [0.3, 0.4) is 0 Å². The van der Waals surface area contributed by atoms with Crippen LogP contribution in [0.4, 0.5) is 0 Å². The number of thiazole rings is 1. The number of benzene rings is 1. The molecule has 0 bridgehead atoms. The topological polar surface area (TPSA) is 51.7 Å². The first kappa shape index (κ1) is 15.4. The SMILES string of the molecule is C[C@H]1CN(C(=O)COCc2nc3ccccc3s2)[C@@H](C)CO1. The van der Waals surface area contributed by atoms with Crippen LogP contribution in [0, 0.1) is 0 Å². The van der Waals surface area contributed by atoms with Gasteiger partial charge in [-0.15, -0.1) is 11.3 Å². The molecular formula is C16H20N2O3S. The van der Waals surface area contributed by atoms with Gasteiger partial charge in [0.25, 0.3) is 0 Å². The van der Waals surface area contributed by atoms with Crippen molar-refractivity contribution < 1.29 is 14.3 Å². The van der Waals surface area contributed by atoms with Crippen LogP contribution in [0.25, 0.3) is 10.2 Å². The van der Waals surface area contributed by atoms with E-state index < -0.39 is 0 Å². The Balaban J connectivity index is 1.52. The molecule has 1 amide bonds. The molecule has 22 heavy (non-hydrogen) atoms. The summed E-state index contributed by atoms with van der Waals surface area (Å²) in [7, 11) is 0. The molecule has 0 N–H and O–H groups in total. The number of hydrogen-bond donors (Lipinski definition) is 0. The van der Waals surface area contributed by atoms with Crippen LogP contribution in [0.2, 0.25) is 0 Å². The van der Waals surface area contributed by atoms with Crippen molar-refractivity contribution >= 4 is 27.5 Å². The van der Waals surface area contributed by atoms with Crippen LogP contribution in [0.15, 0.2) is 24.3 Å². The van der Waals surface area contributed by atoms with Crippen LogP contribution < -0.4 is 0 Å². The smallest absolute Gasteiger partial charge is 0.248 e. The van der Waals surface area contributed by atoms with E-state index in [2.05, 4.69) is 4.98 Å². The zero-order chi connectivity index (χ0) is 15.5. The van der Waals surface area contributed by atoms with Gasteiger partial charge in [0.2, 0.25) is 5.91 Å². The molecule has 1 fully saturated rings. The van der Waals surface area contributed by atoms with E-state index >= 15 is 0 Å². The van der Waals surface area contributed by atoms with E-state index in [1.165, 1.54) is 0 Å². The lowest BCUT2D eigenvalue weighted by atomic mass is 10.2. The van der Waals surface area contributed by atoms with Gasteiger partial charge in [0.1, 0.15) is 11.6 Å². The van der Waals surface area contributed by atoms with Gasteiger partial charge in [-0.1, -0.05) is 12.1 Å². The van der Waals surface area contributed by atoms with E-state index in [0.717, 1.165) is 15.2 Å². The summed E-state index contributed by atoms with van der Waals surface area (Å²) in [4.78, 5) is 18.6. The third-order valence-corrected chi connectivity index (χ3v) is 4.73. The van der Waals surface area contributed by atoms with E-state index in [1.807, 2.05) is 43.0 Å². The number of ether oxygens (including phenoxy) is 2. The first-order valence-electron chi connectivity index (χ1n) is 7.47. The van der Waals surface area contributed by atoms with Gasteiger partial charge in [-0.25, -0.2) is 4.98 Å².